The van der Waals surface area contributed by atoms with Gasteiger partial charge in [-0.15, -0.1) is 0 Å². The molecule has 0 atom stereocenters. The van der Waals surface area contributed by atoms with E-state index in [0.29, 0.717) is 0 Å². The highest BCUT2D eigenvalue weighted by Gasteiger charge is 2.11. The van der Waals surface area contributed by atoms with Crippen LogP contribution in [0, 0.1) is 11.6 Å². The van der Waals surface area contributed by atoms with Crippen molar-refractivity contribution in [2.24, 2.45) is 0 Å². The zero-order valence-electron chi connectivity index (χ0n) is 5.78. The van der Waals surface area contributed by atoms with Crippen LogP contribution in [0.3, 0.4) is 0 Å². The van der Waals surface area contributed by atoms with Crippen LogP contribution in [0.15, 0.2) is 12.1 Å². The average molecular weight is 213 g/mol. The van der Waals surface area contributed by atoms with Crippen LogP contribution in [-0.2, 0) is 0 Å². The second-order valence-corrected chi connectivity index (χ2v) is 2.52. The fourth-order valence-corrected chi connectivity index (χ4v) is 1.00. The molecule has 0 fully saturated rings. The summed E-state index contributed by atoms with van der Waals surface area (Å²) < 4.78 is 29.8. The number of hydrogen-bond acceptors (Lipinski definition) is 1. The van der Waals surface area contributed by atoms with E-state index < -0.39 is 16.7 Å². The van der Waals surface area contributed by atoms with E-state index in [-0.39, 0.29) is 11.8 Å². The highest BCUT2D eigenvalue weighted by Crippen LogP contribution is 2.28. The van der Waals surface area contributed by atoms with Gasteiger partial charge in [0, 0.05) is 0 Å². The molecule has 0 unspecified atom stereocenters. The monoisotopic (exact) mass is 212 g/mol. The van der Waals surface area contributed by atoms with Crippen molar-refractivity contribution < 1.29 is 13.5 Å². The predicted molar refractivity (Wildman–Crippen MR) is 42.7 cm³/mol. The maximum Gasteiger partial charge on any atom is 0.181 e. The first-order valence-electron chi connectivity index (χ1n) is 2.99. The van der Waals surface area contributed by atoms with E-state index in [9.17, 15) is 8.78 Å². The molecule has 0 saturated heterocycles. The average Bonchev–Trinajstić information content (AvgIpc) is 2.07. The molecule has 0 N–H and O–H groups in total. The van der Waals surface area contributed by atoms with Crippen LogP contribution in [0.5, 0.6) is 5.75 Å². The van der Waals surface area contributed by atoms with Crippen molar-refractivity contribution in [1.82, 2.24) is 0 Å². The Hall–Kier alpha value is -0.540. The molecule has 1 rings (SSSR count). The predicted octanol–water partition coefficient (Wildman–Crippen LogP) is 3.19. The number of alkyl halides is 1. The Morgan fingerprint density at radius 2 is 2.00 bits per heavy atom. The molecule has 0 bridgehead atoms. The molecule has 1 aromatic carbocycles. The topological polar surface area (TPSA) is 9.23 Å². The van der Waals surface area contributed by atoms with Crippen LogP contribution in [0.1, 0.15) is 0 Å². The fourth-order valence-electron chi connectivity index (χ4n) is 0.678. The number of benzene rings is 1. The van der Waals surface area contributed by atoms with Crippen molar-refractivity contribution in [2.45, 2.75) is 0 Å². The van der Waals surface area contributed by atoms with E-state index in [0.717, 1.165) is 6.07 Å². The lowest BCUT2D eigenvalue weighted by Crippen LogP contribution is -1.93. The van der Waals surface area contributed by atoms with Gasteiger partial charge >= 0.3 is 0 Å². The number of rotatable bonds is 2. The molecule has 0 heterocycles. The molecular weight excluding hydrogens is 209 g/mol. The zero-order valence-corrected chi connectivity index (χ0v) is 7.29. The molecule has 0 aromatic heterocycles. The summed E-state index contributed by atoms with van der Waals surface area (Å²) in [5, 5.41) is -0.393. The van der Waals surface area contributed by atoms with Gasteiger partial charge in [0.25, 0.3) is 0 Å². The van der Waals surface area contributed by atoms with E-state index in [2.05, 4.69) is 0 Å². The summed E-state index contributed by atoms with van der Waals surface area (Å²) in [6.45, 7) is 0. The lowest BCUT2D eigenvalue weighted by atomic mass is 10.3. The van der Waals surface area contributed by atoms with Gasteiger partial charge in [-0.1, -0.05) is 23.2 Å². The Labute approximate surface area is 77.8 Å². The van der Waals surface area contributed by atoms with Gasteiger partial charge in [-0.3, -0.25) is 0 Å². The van der Waals surface area contributed by atoms with Crippen molar-refractivity contribution >= 4 is 23.2 Å². The van der Waals surface area contributed by atoms with Crippen molar-refractivity contribution in [1.29, 1.82) is 0 Å². The van der Waals surface area contributed by atoms with Crippen LogP contribution in [0.2, 0.25) is 5.02 Å². The molecule has 0 aliphatic rings. The smallest absolute Gasteiger partial charge is 0.181 e. The third kappa shape index (κ3) is 1.79. The van der Waals surface area contributed by atoms with Crippen molar-refractivity contribution in [3.63, 3.8) is 0 Å². The highest BCUT2D eigenvalue weighted by atomic mass is 35.5. The van der Waals surface area contributed by atoms with E-state index in [1.165, 1.54) is 6.07 Å². The number of hydrogen-bond donors (Lipinski definition) is 0. The van der Waals surface area contributed by atoms with Gasteiger partial charge in [0.15, 0.2) is 17.7 Å². The first-order valence-corrected chi connectivity index (χ1v) is 3.90. The van der Waals surface area contributed by atoms with Crippen molar-refractivity contribution in [3.8, 4) is 5.75 Å². The van der Waals surface area contributed by atoms with Crippen LogP contribution < -0.4 is 4.74 Å². The molecule has 5 heteroatoms. The highest BCUT2D eigenvalue weighted by molar-refractivity contribution is 6.32. The number of ether oxygens (including phenoxy) is 1. The zero-order chi connectivity index (χ0) is 9.14. The molecule has 0 spiro atoms. The van der Waals surface area contributed by atoms with Gasteiger partial charge in [-0.05, 0) is 12.1 Å². The molecular formula is C7H4Cl2F2O. The molecule has 0 amide bonds. The second kappa shape index (κ2) is 3.92. The maximum atomic E-state index is 12.7. The standard InChI is InChI=1S/C7H4Cl2F2O/c8-3-12-5-2-1-4(10)7(11)6(5)9/h1-2H,3H2. The van der Waals surface area contributed by atoms with Crippen LogP contribution in [0.4, 0.5) is 8.78 Å². The number of halogens is 4. The fraction of sp³-hybridized carbons (Fsp3) is 0.143. The minimum Gasteiger partial charge on any atom is -0.476 e. The maximum absolute atomic E-state index is 12.7. The minimum absolute atomic E-state index is 0.0329. The molecule has 0 aliphatic carbocycles. The van der Waals surface area contributed by atoms with Crippen LogP contribution in [0.25, 0.3) is 0 Å². The Morgan fingerprint density at radius 1 is 1.33 bits per heavy atom. The molecule has 1 aromatic rings. The van der Waals surface area contributed by atoms with Gasteiger partial charge < -0.3 is 4.74 Å². The normalized spacial score (nSPS) is 10.0. The Balaban J connectivity index is 3.08. The summed E-state index contributed by atoms with van der Waals surface area (Å²) in [6, 6.07) is 1.97. The van der Waals surface area contributed by atoms with Gasteiger partial charge in [0.05, 0.1) is 0 Å². The third-order valence-electron chi connectivity index (χ3n) is 1.21. The Bertz CT molecular complexity index is 291. The molecule has 0 radical (unpaired) electrons. The third-order valence-corrected chi connectivity index (χ3v) is 1.67. The Kier molecular flexibility index (Phi) is 3.12. The molecule has 0 saturated carbocycles. The Morgan fingerprint density at radius 3 is 2.58 bits per heavy atom. The van der Waals surface area contributed by atoms with Crippen LogP contribution in [-0.4, -0.2) is 6.07 Å². The summed E-state index contributed by atoms with van der Waals surface area (Å²) in [7, 11) is 0. The first kappa shape index (κ1) is 9.55. The summed E-state index contributed by atoms with van der Waals surface area (Å²) in [4.78, 5) is 0. The second-order valence-electron chi connectivity index (χ2n) is 1.93. The lowest BCUT2D eigenvalue weighted by Gasteiger charge is -2.04. The van der Waals surface area contributed by atoms with E-state index >= 15 is 0 Å². The molecule has 0 aliphatic heterocycles. The van der Waals surface area contributed by atoms with Gasteiger partial charge in [0.1, 0.15) is 10.8 Å². The van der Waals surface area contributed by atoms with Crippen LogP contribution >= 0.6 is 23.2 Å². The van der Waals surface area contributed by atoms with Gasteiger partial charge in [0.2, 0.25) is 0 Å². The molecule has 1 nitrogen and oxygen atoms in total. The quantitative estimate of drug-likeness (QED) is 0.541. The van der Waals surface area contributed by atoms with Gasteiger partial charge in [-0.2, -0.15) is 0 Å². The summed E-state index contributed by atoms with van der Waals surface area (Å²) in [5.41, 5.74) is 0. The van der Waals surface area contributed by atoms with Gasteiger partial charge in [-0.25, -0.2) is 8.78 Å². The SMILES string of the molecule is Fc1ccc(OCCl)c(Cl)c1F. The van der Waals surface area contributed by atoms with Crippen molar-refractivity contribution in [3.05, 3.63) is 28.8 Å². The summed E-state index contributed by atoms with van der Waals surface area (Å²) >= 11 is 10.6. The minimum atomic E-state index is -1.13. The van der Waals surface area contributed by atoms with E-state index in [1.54, 1.807) is 0 Å². The first-order chi connectivity index (χ1) is 5.66. The van der Waals surface area contributed by atoms with Crippen molar-refractivity contribution in [2.75, 3.05) is 6.07 Å². The summed E-state index contributed by atoms with van der Waals surface area (Å²) in [6.07, 6.45) is 0. The van der Waals surface area contributed by atoms with E-state index in [1.807, 2.05) is 0 Å². The molecule has 12 heavy (non-hydrogen) atoms. The molecule has 66 valence electrons. The summed E-state index contributed by atoms with van der Waals surface area (Å²) in [5.74, 6) is -2.10. The lowest BCUT2D eigenvalue weighted by molar-refractivity contribution is 0.382. The largest absolute Gasteiger partial charge is 0.476 e. The van der Waals surface area contributed by atoms with E-state index in [4.69, 9.17) is 27.9 Å².